The molecule has 20 heavy (non-hydrogen) atoms. The Morgan fingerprint density at radius 1 is 1.35 bits per heavy atom. The highest BCUT2D eigenvalue weighted by molar-refractivity contribution is 7.92. The number of benzene rings is 1. The maximum Gasteiger partial charge on any atom is 0.345 e. The average Bonchev–Trinajstić information content (AvgIpc) is 2.84. The van der Waals surface area contributed by atoms with Gasteiger partial charge in [0.15, 0.2) is 0 Å². The Kier molecular flexibility index (Phi) is 3.78. The molecule has 0 saturated carbocycles. The molecule has 2 aromatic rings. The molecule has 1 aromatic carbocycles. The smallest absolute Gasteiger partial charge is 0.345 e. The standard InChI is InChI=1S/C12H10FNO4S2/c1-7-2-3-9(13)10(4-7)14-20(17,18)8-5-11(12(15)16)19-6-8/h2-6,14H,1H3,(H,15,16). The number of anilines is 1. The molecular formula is C12H10FNO4S2. The first-order valence-electron chi connectivity index (χ1n) is 5.40. The number of halogens is 1. The minimum Gasteiger partial charge on any atom is -0.477 e. The molecule has 1 heterocycles. The van der Waals surface area contributed by atoms with E-state index in [1.807, 2.05) is 0 Å². The Balaban J connectivity index is 2.35. The molecule has 2 N–H and O–H groups in total. The summed E-state index contributed by atoms with van der Waals surface area (Å²) >= 11 is 0.790. The molecule has 0 fully saturated rings. The van der Waals surface area contributed by atoms with Crippen LogP contribution in [-0.2, 0) is 10.0 Å². The van der Waals surface area contributed by atoms with Crippen molar-refractivity contribution in [3.05, 3.63) is 45.9 Å². The first kappa shape index (κ1) is 14.5. The Morgan fingerprint density at radius 2 is 2.05 bits per heavy atom. The molecule has 106 valence electrons. The topological polar surface area (TPSA) is 83.5 Å². The maximum atomic E-state index is 13.5. The van der Waals surface area contributed by atoms with Crippen LogP contribution in [0.15, 0.2) is 34.5 Å². The Bertz CT molecular complexity index is 768. The second-order valence-corrected chi connectivity index (χ2v) is 6.63. The summed E-state index contributed by atoms with van der Waals surface area (Å²) in [6.45, 7) is 1.70. The quantitative estimate of drug-likeness (QED) is 0.908. The van der Waals surface area contributed by atoms with Gasteiger partial charge >= 0.3 is 5.97 Å². The van der Waals surface area contributed by atoms with E-state index >= 15 is 0 Å². The van der Waals surface area contributed by atoms with Gasteiger partial charge < -0.3 is 5.11 Å². The van der Waals surface area contributed by atoms with Crippen molar-refractivity contribution in [2.75, 3.05) is 4.72 Å². The van der Waals surface area contributed by atoms with Crippen LogP contribution >= 0.6 is 11.3 Å². The van der Waals surface area contributed by atoms with Gasteiger partial charge in [-0.05, 0) is 30.7 Å². The van der Waals surface area contributed by atoms with Crippen LogP contribution in [0.2, 0.25) is 0 Å². The van der Waals surface area contributed by atoms with Crippen molar-refractivity contribution in [2.24, 2.45) is 0 Å². The van der Waals surface area contributed by atoms with Crippen molar-refractivity contribution >= 4 is 33.0 Å². The highest BCUT2D eigenvalue weighted by Gasteiger charge is 2.20. The Hall–Kier alpha value is -1.93. The summed E-state index contributed by atoms with van der Waals surface area (Å²) in [7, 11) is -4.01. The molecule has 0 unspecified atom stereocenters. The van der Waals surface area contributed by atoms with Crippen LogP contribution in [0.1, 0.15) is 15.2 Å². The summed E-state index contributed by atoms with van der Waals surface area (Å²) in [5.74, 6) is -1.91. The number of carbonyl (C=O) groups is 1. The number of sulfonamides is 1. The van der Waals surface area contributed by atoms with Gasteiger partial charge in [0.25, 0.3) is 10.0 Å². The fourth-order valence-corrected chi connectivity index (χ4v) is 3.66. The first-order valence-corrected chi connectivity index (χ1v) is 7.76. The van der Waals surface area contributed by atoms with Crippen molar-refractivity contribution in [2.45, 2.75) is 11.8 Å². The highest BCUT2D eigenvalue weighted by Crippen LogP contribution is 2.24. The average molecular weight is 315 g/mol. The van der Waals surface area contributed by atoms with Gasteiger partial charge in [-0.3, -0.25) is 4.72 Å². The molecule has 2 rings (SSSR count). The molecular weight excluding hydrogens is 305 g/mol. The number of rotatable bonds is 4. The van der Waals surface area contributed by atoms with Crippen molar-refractivity contribution in [3.63, 3.8) is 0 Å². The fourth-order valence-electron chi connectivity index (χ4n) is 1.49. The molecule has 0 bridgehead atoms. The molecule has 0 amide bonds. The van der Waals surface area contributed by atoms with Gasteiger partial charge in [0.05, 0.1) is 10.6 Å². The van der Waals surface area contributed by atoms with E-state index in [4.69, 9.17) is 5.11 Å². The molecule has 0 aliphatic carbocycles. The number of carboxylic acid groups (broad SMARTS) is 1. The van der Waals surface area contributed by atoms with Crippen LogP contribution in [0.4, 0.5) is 10.1 Å². The fraction of sp³-hybridized carbons (Fsp3) is 0.0833. The second kappa shape index (κ2) is 5.22. The lowest BCUT2D eigenvalue weighted by Gasteiger charge is -2.08. The van der Waals surface area contributed by atoms with E-state index in [0.29, 0.717) is 5.56 Å². The van der Waals surface area contributed by atoms with E-state index in [1.54, 1.807) is 6.92 Å². The van der Waals surface area contributed by atoms with Crippen LogP contribution in [0.5, 0.6) is 0 Å². The Labute approximate surface area is 118 Å². The molecule has 0 spiro atoms. The number of thiophene rings is 1. The zero-order valence-electron chi connectivity index (χ0n) is 10.3. The highest BCUT2D eigenvalue weighted by atomic mass is 32.2. The summed E-state index contributed by atoms with van der Waals surface area (Å²) in [6, 6.07) is 5.06. The Morgan fingerprint density at radius 3 is 2.65 bits per heavy atom. The van der Waals surface area contributed by atoms with Gasteiger partial charge in [-0.25, -0.2) is 17.6 Å². The van der Waals surface area contributed by atoms with Crippen LogP contribution in [0.3, 0.4) is 0 Å². The monoisotopic (exact) mass is 315 g/mol. The summed E-state index contributed by atoms with van der Waals surface area (Å²) in [4.78, 5) is 10.4. The van der Waals surface area contributed by atoms with Gasteiger partial charge in [0.1, 0.15) is 10.7 Å². The third-order valence-corrected chi connectivity index (χ3v) is 4.88. The van der Waals surface area contributed by atoms with E-state index in [0.717, 1.165) is 23.5 Å². The number of aryl methyl sites for hydroxylation is 1. The van der Waals surface area contributed by atoms with E-state index in [1.165, 1.54) is 17.5 Å². The molecule has 8 heteroatoms. The largest absolute Gasteiger partial charge is 0.477 e. The third-order valence-electron chi connectivity index (χ3n) is 2.46. The molecule has 0 radical (unpaired) electrons. The number of nitrogens with one attached hydrogen (secondary N) is 1. The van der Waals surface area contributed by atoms with Crippen molar-refractivity contribution < 1.29 is 22.7 Å². The van der Waals surface area contributed by atoms with Gasteiger partial charge in [-0.15, -0.1) is 11.3 Å². The van der Waals surface area contributed by atoms with E-state index < -0.39 is 21.8 Å². The number of aromatic carboxylic acids is 1. The second-order valence-electron chi connectivity index (χ2n) is 4.04. The van der Waals surface area contributed by atoms with Gasteiger partial charge in [0, 0.05) is 5.38 Å². The molecule has 5 nitrogen and oxygen atoms in total. The van der Waals surface area contributed by atoms with Crippen LogP contribution < -0.4 is 4.72 Å². The van der Waals surface area contributed by atoms with E-state index in [2.05, 4.69) is 4.72 Å². The minimum atomic E-state index is -4.01. The number of carboxylic acids is 1. The molecule has 0 atom stereocenters. The molecule has 0 saturated heterocycles. The molecule has 0 aliphatic rings. The van der Waals surface area contributed by atoms with Crippen LogP contribution in [0.25, 0.3) is 0 Å². The number of hydrogen-bond acceptors (Lipinski definition) is 4. The van der Waals surface area contributed by atoms with Crippen LogP contribution in [0, 0.1) is 12.7 Å². The summed E-state index contributed by atoms with van der Waals surface area (Å²) in [6.07, 6.45) is 0. The normalized spacial score (nSPS) is 11.3. The minimum absolute atomic E-state index is 0.102. The maximum absolute atomic E-state index is 13.5. The summed E-state index contributed by atoms with van der Waals surface area (Å²) < 4.78 is 39.7. The zero-order chi connectivity index (χ0) is 14.9. The number of hydrogen-bond donors (Lipinski definition) is 2. The van der Waals surface area contributed by atoms with E-state index in [9.17, 15) is 17.6 Å². The predicted molar refractivity (Wildman–Crippen MR) is 73.2 cm³/mol. The predicted octanol–water partition coefficient (Wildman–Crippen LogP) is 2.69. The van der Waals surface area contributed by atoms with Crippen molar-refractivity contribution in [1.29, 1.82) is 0 Å². The van der Waals surface area contributed by atoms with Gasteiger partial charge in [-0.2, -0.15) is 0 Å². The molecule has 0 aliphatic heterocycles. The lowest BCUT2D eigenvalue weighted by Crippen LogP contribution is -2.13. The zero-order valence-corrected chi connectivity index (χ0v) is 11.9. The van der Waals surface area contributed by atoms with Crippen molar-refractivity contribution in [1.82, 2.24) is 0 Å². The van der Waals surface area contributed by atoms with E-state index in [-0.39, 0.29) is 15.5 Å². The van der Waals surface area contributed by atoms with Crippen LogP contribution in [-0.4, -0.2) is 19.5 Å². The first-order chi connectivity index (χ1) is 9.29. The van der Waals surface area contributed by atoms with Crippen molar-refractivity contribution in [3.8, 4) is 0 Å². The lowest BCUT2D eigenvalue weighted by molar-refractivity contribution is 0.0702. The summed E-state index contributed by atoms with van der Waals surface area (Å²) in [5.41, 5.74) is 0.522. The molecule has 1 aromatic heterocycles. The van der Waals surface area contributed by atoms with Gasteiger partial charge in [0.2, 0.25) is 0 Å². The SMILES string of the molecule is Cc1ccc(F)c(NS(=O)(=O)c2csc(C(=O)O)c2)c1. The third kappa shape index (κ3) is 2.97. The summed E-state index contributed by atoms with van der Waals surface area (Å²) in [5, 5.41) is 9.96. The lowest BCUT2D eigenvalue weighted by atomic mass is 10.2. The van der Waals surface area contributed by atoms with Gasteiger partial charge in [-0.1, -0.05) is 6.07 Å².